The van der Waals surface area contributed by atoms with Crippen molar-refractivity contribution in [1.29, 1.82) is 0 Å². The van der Waals surface area contributed by atoms with Crippen molar-refractivity contribution in [1.82, 2.24) is 4.90 Å². The Morgan fingerprint density at radius 3 is 2.38 bits per heavy atom. The molecule has 1 amide bonds. The molecule has 1 aliphatic carbocycles. The number of benzene rings is 2. The average molecular weight is 435 g/mol. The Bertz CT molecular complexity index is 957. The molecule has 0 aromatic heterocycles. The number of anilines is 1. The minimum Gasteiger partial charge on any atom is -0.496 e. The minimum atomic E-state index is -0.115. The van der Waals surface area contributed by atoms with E-state index in [1.807, 2.05) is 44.2 Å². The maximum absolute atomic E-state index is 12.9. The van der Waals surface area contributed by atoms with E-state index in [1.54, 1.807) is 12.0 Å². The molecule has 170 valence electrons. The number of hydrogen-bond acceptors (Lipinski definition) is 4. The van der Waals surface area contributed by atoms with Gasteiger partial charge in [-0.3, -0.25) is 9.69 Å². The van der Waals surface area contributed by atoms with Crippen molar-refractivity contribution in [2.45, 2.75) is 52.0 Å². The van der Waals surface area contributed by atoms with E-state index in [2.05, 4.69) is 23.1 Å². The van der Waals surface area contributed by atoms with Crippen molar-refractivity contribution in [2.75, 3.05) is 31.6 Å². The zero-order valence-corrected chi connectivity index (χ0v) is 19.5. The van der Waals surface area contributed by atoms with Gasteiger partial charge in [0.2, 0.25) is 0 Å². The van der Waals surface area contributed by atoms with E-state index < -0.39 is 0 Å². The lowest BCUT2D eigenvalue weighted by molar-refractivity contribution is -0.116. The number of carbonyl (C=O) groups excluding carboxylic acids is 1. The molecule has 32 heavy (non-hydrogen) atoms. The number of carbonyl (C=O) groups is 1. The van der Waals surface area contributed by atoms with E-state index in [0.717, 1.165) is 36.6 Å². The first-order valence-corrected chi connectivity index (χ1v) is 11.9. The van der Waals surface area contributed by atoms with Crippen LogP contribution in [0.15, 0.2) is 54.3 Å². The molecule has 2 heterocycles. The molecular weight excluding hydrogens is 400 g/mol. The van der Waals surface area contributed by atoms with E-state index in [4.69, 9.17) is 9.47 Å². The van der Waals surface area contributed by atoms with Gasteiger partial charge in [-0.2, -0.15) is 0 Å². The fraction of sp³-hybridized carbons (Fsp3) is 0.444. The number of likely N-dealkylation sites (tertiary alicyclic amines) is 1. The number of methoxy groups -OCH3 is 1. The summed E-state index contributed by atoms with van der Waals surface area (Å²) >= 11 is 0. The average Bonchev–Trinajstić information content (AvgIpc) is 3.45. The number of amides is 1. The molecule has 1 saturated carbocycles. The van der Waals surface area contributed by atoms with Crippen molar-refractivity contribution >= 4 is 11.6 Å². The molecule has 3 aliphatic rings. The molecule has 2 aromatic carbocycles. The Labute approximate surface area is 191 Å². The van der Waals surface area contributed by atoms with Crippen LogP contribution in [0.4, 0.5) is 5.69 Å². The first-order chi connectivity index (χ1) is 15.7. The van der Waals surface area contributed by atoms with Crippen LogP contribution in [0.25, 0.3) is 0 Å². The van der Waals surface area contributed by atoms with Crippen molar-refractivity contribution < 1.29 is 14.3 Å². The maximum atomic E-state index is 12.9. The lowest BCUT2D eigenvalue weighted by atomic mass is 10.1. The molecule has 0 spiro atoms. The number of rotatable bonds is 7. The van der Waals surface area contributed by atoms with Gasteiger partial charge in [0.25, 0.3) is 5.91 Å². The predicted molar refractivity (Wildman–Crippen MR) is 128 cm³/mol. The van der Waals surface area contributed by atoms with Crippen LogP contribution in [0.3, 0.4) is 0 Å². The second-order valence-corrected chi connectivity index (χ2v) is 8.41. The highest BCUT2D eigenvalue weighted by Crippen LogP contribution is 2.40. The Kier molecular flexibility index (Phi) is 7.15. The quantitative estimate of drug-likeness (QED) is 0.577. The summed E-state index contributed by atoms with van der Waals surface area (Å²) in [6.07, 6.45) is 6.93. The summed E-state index contributed by atoms with van der Waals surface area (Å²) in [6, 6.07) is 14.2. The lowest BCUT2D eigenvalue weighted by Crippen LogP contribution is -2.28. The first-order valence-electron chi connectivity index (χ1n) is 11.9. The highest BCUT2D eigenvalue weighted by atomic mass is 16.5. The van der Waals surface area contributed by atoms with Crippen molar-refractivity contribution in [2.24, 2.45) is 0 Å². The summed E-state index contributed by atoms with van der Waals surface area (Å²) in [5.74, 6) is 2.52. The third-order valence-electron chi connectivity index (χ3n) is 6.25. The highest BCUT2D eigenvalue weighted by Gasteiger charge is 2.28. The van der Waals surface area contributed by atoms with Crippen LogP contribution in [0.1, 0.15) is 56.6 Å². The fourth-order valence-corrected chi connectivity index (χ4v) is 4.35. The lowest BCUT2D eigenvalue weighted by Gasteiger charge is -2.21. The Balaban J connectivity index is 0.00000119. The van der Waals surface area contributed by atoms with Gasteiger partial charge in [-0.15, -0.1) is 0 Å². The molecule has 5 rings (SSSR count). The van der Waals surface area contributed by atoms with Gasteiger partial charge >= 0.3 is 0 Å². The van der Waals surface area contributed by atoms with Crippen LogP contribution < -0.4 is 14.4 Å². The number of nitrogens with zero attached hydrogens (tertiary/aromatic N) is 2. The van der Waals surface area contributed by atoms with E-state index >= 15 is 0 Å². The van der Waals surface area contributed by atoms with E-state index in [9.17, 15) is 4.79 Å². The molecule has 2 aliphatic heterocycles. The first kappa shape index (κ1) is 22.4. The van der Waals surface area contributed by atoms with Gasteiger partial charge in [0.05, 0.1) is 7.11 Å². The second-order valence-electron chi connectivity index (χ2n) is 8.41. The number of hydrogen-bond donors (Lipinski definition) is 0. The Morgan fingerprint density at radius 2 is 1.72 bits per heavy atom. The maximum Gasteiger partial charge on any atom is 0.294 e. The third-order valence-corrected chi connectivity index (χ3v) is 6.25. The fourth-order valence-electron chi connectivity index (χ4n) is 4.35. The van der Waals surface area contributed by atoms with Gasteiger partial charge in [-0.1, -0.05) is 32.0 Å². The summed E-state index contributed by atoms with van der Waals surface area (Å²) in [6.45, 7) is 7.67. The molecule has 0 unspecified atom stereocenters. The van der Waals surface area contributed by atoms with E-state index in [1.165, 1.54) is 31.2 Å². The van der Waals surface area contributed by atoms with Gasteiger partial charge in [-0.05, 0) is 74.5 Å². The summed E-state index contributed by atoms with van der Waals surface area (Å²) < 4.78 is 11.5. The SMILES string of the molecule is CC.COc1cc(N2CC=C(Oc3ccc(C4CC4)cc3)C2=O)ccc1CN1CCCC1. The largest absolute Gasteiger partial charge is 0.496 e. The van der Waals surface area contributed by atoms with Crippen LogP contribution in [0.2, 0.25) is 0 Å². The topological polar surface area (TPSA) is 42.0 Å². The zero-order valence-electron chi connectivity index (χ0n) is 19.5. The van der Waals surface area contributed by atoms with Crippen molar-refractivity contribution in [3.63, 3.8) is 0 Å². The predicted octanol–water partition coefficient (Wildman–Crippen LogP) is 5.50. The van der Waals surface area contributed by atoms with Gasteiger partial charge < -0.3 is 14.4 Å². The van der Waals surface area contributed by atoms with Crippen LogP contribution in [0.5, 0.6) is 11.5 Å². The molecule has 1 saturated heterocycles. The highest BCUT2D eigenvalue weighted by molar-refractivity contribution is 6.07. The summed E-state index contributed by atoms with van der Waals surface area (Å²) in [5, 5.41) is 0. The molecular formula is C27H34N2O3. The van der Waals surface area contributed by atoms with Crippen LogP contribution in [-0.2, 0) is 11.3 Å². The molecule has 0 atom stereocenters. The number of ether oxygens (including phenoxy) is 2. The van der Waals surface area contributed by atoms with Crippen molar-refractivity contribution in [3.05, 3.63) is 65.4 Å². The van der Waals surface area contributed by atoms with Gasteiger partial charge in [0.1, 0.15) is 11.5 Å². The van der Waals surface area contributed by atoms with Crippen molar-refractivity contribution in [3.8, 4) is 11.5 Å². The minimum absolute atomic E-state index is 0.115. The molecule has 0 N–H and O–H groups in total. The summed E-state index contributed by atoms with van der Waals surface area (Å²) in [5.41, 5.74) is 3.35. The third kappa shape index (κ3) is 4.99. The normalized spacial score (nSPS) is 18.3. The monoisotopic (exact) mass is 434 g/mol. The van der Waals surface area contributed by atoms with Crippen LogP contribution in [-0.4, -0.2) is 37.6 Å². The Morgan fingerprint density at radius 1 is 1.00 bits per heavy atom. The van der Waals surface area contributed by atoms with Gasteiger partial charge in [0.15, 0.2) is 5.76 Å². The van der Waals surface area contributed by atoms with E-state index in [0.29, 0.717) is 24.0 Å². The summed E-state index contributed by atoms with van der Waals surface area (Å²) in [7, 11) is 1.69. The van der Waals surface area contributed by atoms with Crippen LogP contribution in [0, 0.1) is 0 Å². The molecule has 5 nitrogen and oxygen atoms in total. The molecule has 0 bridgehead atoms. The Hall–Kier alpha value is -2.79. The van der Waals surface area contributed by atoms with Crippen LogP contribution >= 0.6 is 0 Å². The van der Waals surface area contributed by atoms with Gasteiger partial charge in [0, 0.05) is 30.4 Å². The summed E-state index contributed by atoms with van der Waals surface area (Å²) in [4.78, 5) is 17.1. The second kappa shape index (κ2) is 10.2. The zero-order chi connectivity index (χ0) is 22.5. The van der Waals surface area contributed by atoms with E-state index in [-0.39, 0.29) is 5.91 Å². The molecule has 5 heteroatoms. The smallest absolute Gasteiger partial charge is 0.294 e. The standard InChI is InChI=1S/C25H28N2O3.C2H6/c1-29-24-16-21(9-6-20(24)17-26-13-2-3-14-26)27-15-12-23(25(27)28)30-22-10-7-19(8-11-22)18-4-5-18;1-2/h6-12,16,18H,2-5,13-15,17H2,1H3;1-2H3. The van der Waals surface area contributed by atoms with Gasteiger partial charge in [-0.25, -0.2) is 0 Å². The molecule has 0 radical (unpaired) electrons. The molecule has 2 aromatic rings. The molecule has 2 fully saturated rings.